The lowest BCUT2D eigenvalue weighted by Gasteiger charge is -2.14. The quantitative estimate of drug-likeness (QED) is 0.0878. The van der Waals surface area contributed by atoms with Crippen LogP contribution in [0, 0.1) is 10.3 Å². The number of nitrogens with zero attached hydrogens (tertiary/aromatic N) is 9. The number of halogens is 2. The van der Waals surface area contributed by atoms with Gasteiger partial charge in [0.2, 0.25) is 0 Å². The maximum atomic E-state index is 13.7. The number of rotatable bonds is 10. The van der Waals surface area contributed by atoms with Gasteiger partial charge in [-0.3, -0.25) is 39.8 Å². The van der Waals surface area contributed by atoms with Gasteiger partial charge in [-0.1, -0.05) is 44.2 Å². The topological polar surface area (TPSA) is 199 Å². The second kappa shape index (κ2) is 21.2. The summed E-state index contributed by atoms with van der Waals surface area (Å²) in [7, 11) is 0. The maximum absolute atomic E-state index is 13.7. The first-order valence-electron chi connectivity index (χ1n) is 25.0. The fourth-order valence-electron chi connectivity index (χ4n) is 9.51. The average Bonchev–Trinajstić information content (AvgIpc) is 4.43. The van der Waals surface area contributed by atoms with E-state index in [0.717, 1.165) is 129 Å². The van der Waals surface area contributed by atoms with Crippen molar-refractivity contribution in [2.75, 3.05) is 18.4 Å². The molecule has 1 aliphatic rings. The largest absolute Gasteiger partial charge is 0.335 e. The minimum absolute atomic E-state index is 0.203. The molecule has 1 amide bonds. The number of imidazole rings is 2. The monoisotopic (exact) mass is 1060 g/mol. The van der Waals surface area contributed by atoms with Gasteiger partial charge in [-0.25, -0.2) is 9.97 Å². The molecule has 1 aliphatic heterocycles. The van der Waals surface area contributed by atoms with E-state index in [1.807, 2.05) is 74.8 Å². The summed E-state index contributed by atoms with van der Waals surface area (Å²) in [4.78, 5) is 50.5. The molecule has 10 aromatic heterocycles. The Labute approximate surface area is 446 Å². The molecule has 15 nitrogen and oxygen atoms in total. The molecule has 0 bridgehead atoms. The number of hydrogen-bond donors (Lipinski definition) is 5. The summed E-state index contributed by atoms with van der Waals surface area (Å²) in [6, 6.07) is 31.7. The summed E-state index contributed by atoms with van der Waals surface area (Å²) >= 11 is 2.14. The molecule has 11 heterocycles. The first-order chi connectivity index (χ1) is 37.8. The average molecular weight is 1060 g/mol. The third-order valence-electron chi connectivity index (χ3n) is 13.1. The summed E-state index contributed by atoms with van der Waals surface area (Å²) < 4.78 is 27.4. The number of likely N-dealkylation sites (tertiary alicyclic amines) is 1. The third-order valence-corrected chi connectivity index (χ3v) is 15.0. The second-order valence-corrected chi connectivity index (χ2v) is 20.1. The van der Waals surface area contributed by atoms with Crippen molar-refractivity contribution < 1.29 is 13.6 Å². The van der Waals surface area contributed by atoms with Gasteiger partial charge in [-0.15, -0.1) is 22.7 Å². The van der Waals surface area contributed by atoms with Crippen molar-refractivity contribution in [3.05, 3.63) is 174 Å². The Hall–Kier alpha value is -9.17. The van der Waals surface area contributed by atoms with Crippen molar-refractivity contribution in [2.24, 2.45) is 0 Å². The Balaban J connectivity index is 0.000000150. The Bertz CT molecular complexity index is 4250. The summed E-state index contributed by atoms with van der Waals surface area (Å²) in [5.74, 6) is 1.01. The number of aromatic nitrogens is 12. The van der Waals surface area contributed by atoms with Crippen LogP contribution in [-0.2, 0) is 6.54 Å². The highest BCUT2D eigenvalue weighted by Crippen LogP contribution is 2.37. The van der Waals surface area contributed by atoms with Crippen molar-refractivity contribution in [3.8, 4) is 66.2 Å². The lowest BCUT2D eigenvalue weighted by atomic mass is 10.0. The van der Waals surface area contributed by atoms with E-state index in [4.69, 9.17) is 9.97 Å². The molecule has 0 aliphatic carbocycles. The lowest BCUT2D eigenvalue weighted by molar-refractivity contribution is 0.102. The number of carbonyl (C=O) groups excluding carboxylic acids is 1. The van der Waals surface area contributed by atoms with E-state index in [1.54, 1.807) is 61.4 Å². The SMILES string of the molecule is CC.Fc1ccc(-c2cncc3[nH]c(-c4n[nH]c5ccc(-c6cncc(CN7CCCC7)c6)cc45)nc23)s1.O=C(Nc1cncc(-c2ccc3[nH]nc(-c4nc5c(-c6ccc(F)s6)cncc5[nH]4)c3c2)c1)c1ccccc1. The van der Waals surface area contributed by atoms with Crippen LogP contribution in [0.1, 0.15) is 42.6 Å². The predicted molar refractivity (Wildman–Crippen MR) is 301 cm³/mol. The summed E-state index contributed by atoms with van der Waals surface area (Å²) in [5, 5.41) is 19.5. The van der Waals surface area contributed by atoms with Crippen LogP contribution in [0.15, 0.2) is 153 Å². The molecule has 5 N–H and O–H groups in total. The van der Waals surface area contributed by atoms with Gasteiger partial charge in [0, 0.05) is 85.9 Å². The first kappa shape index (κ1) is 48.8. The third kappa shape index (κ3) is 9.97. The van der Waals surface area contributed by atoms with Crippen LogP contribution in [0.4, 0.5) is 14.5 Å². The maximum Gasteiger partial charge on any atom is 0.255 e. The standard InChI is InChI=1S/C29H18FN7OS.C27H22FN7S.C2H6/c30-25-9-8-24(39-25)21-14-32-15-23-26(21)35-28(34-23)27-20-11-17(6-7-22(20)36-37-27)18-10-19(13-31-12-18)33-29(38)16-4-2-1-3-5-16;28-24-6-5-23(36-24)20-13-30-14-22-25(20)32-27(31-22)26-19-10-17(3-4-21(19)33-34-26)18-9-16(11-29-12-18)15-35-7-1-2-8-35;1-2/h1-15H,(H,33,38)(H,34,35)(H,36,37);3-6,9-14H,1-2,7-8,15H2,(H,31,32)(H,33,34);1-2H3. The van der Waals surface area contributed by atoms with E-state index in [0.29, 0.717) is 34.1 Å². The normalized spacial score (nSPS) is 12.5. The zero-order valence-electron chi connectivity index (χ0n) is 41.5. The molecular formula is C58H46F2N14OS2. The molecule has 19 heteroatoms. The highest BCUT2D eigenvalue weighted by molar-refractivity contribution is 7.14. The van der Waals surface area contributed by atoms with E-state index in [2.05, 4.69) is 78.7 Å². The number of benzene rings is 3. The van der Waals surface area contributed by atoms with E-state index in [1.165, 1.54) is 30.5 Å². The minimum atomic E-state index is -0.262. The molecule has 380 valence electrons. The summed E-state index contributed by atoms with van der Waals surface area (Å²) in [6.45, 7) is 7.25. The Morgan fingerprint density at radius 1 is 0.571 bits per heavy atom. The number of hydrogen-bond acceptors (Lipinski definition) is 12. The van der Waals surface area contributed by atoms with Gasteiger partial charge in [-0.2, -0.15) is 19.0 Å². The van der Waals surface area contributed by atoms with E-state index in [9.17, 15) is 13.6 Å². The van der Waals surface area contributed by atoms with E-state index < -0.39 is 0 Å². The fourth-order valence-corrected chi connectivity index (χ4v) is 11.0. The molecule has 1 fully saturated rings. The molecular weight excluding hydrogens is 1010 g/mol. The number of H-pyrrole nitrogens is 4. The van der Waals surface area contributed by atoms with Crippen molar-refractivity contribution in [1.29, 1.82) is 0 Å². The molecule has 0 atom stereocenters. The highest BCUT2D eigenvalue weighted by Gasteiger charge is 2.20. The Morgan fingerprint density at radius 2 is 1.10 bits per heavy atom. The fraction of sp³-hybridized carbons (Fsp3) is 0.121. The van der Waals surface area contributed by atoms with Crippen LogP contribution in [0.3, 0.4) is 0 Å². The first-order valence-corrected chi connectivity index (χ1v) is 26.6. The molecule has 0 saturated carbocycles. The van der Waals surface area contributed by atoms with Crippen molar-refractivity contribution in [3.63, 3.8) is 0 Å². The Kier molecular flexibility index (Phi) is 13.4. The zero-order chi connectivity index (χ0) is 52.4. The van der Waals surface area contributed by atoms with Gasteiger partial charge < -0.3 is 15.3 Å². The van der Waals surface area contributed by atoms with Crippen molar-refractivity contribution >= 4 is 78.1 Å². The number of thiophene rings is 2. The van der Waals surface area contributed by atoms with Crippen LogP contribution < -0.4 is 5.32 Å². The molecule has 3 aromatic carbocycles. The van der Waals surface area contributed by atoms with Crippen LogP contribution in [0.2, 0.25) is 0 Å². The smallest absolute Gasteiger partial charge is 0.255 e. The van der Waals surface area contributed by atoms with Gasteiger partial charge in [0.25, 0.3) is 5.91 Å². The molecule has 0 spiro atoms. The molecule has 0 radical (unpaired) electrons. The molecule has 0 unspecified atom stereocenters. The minimum Gasteiger partial charge on any atom is -0.335 e. The highest BCUT2D eigenvalue weighted by atomic mass is 32.1. The lowest BCUT2D eigenvalue weighted by Crippen LogP contribution is -2.18. The number of fused-ring (bicyclic) bond motifs is 4. The molecule has 14 rings (SSSR count). The summed E-state index contributed by atoms with van der Waals surface area (Å²) in [6.07, 6.45) is 16.6. The number of nitrogens with one attached hydrogen (secondary N) is 5. The molecule has 13 aromatic rings. The second-order valence-electron chi connectivity index (χ2n) is 18.1. The summed E-state index contributed by atoms with van der Waals surface area (Å²) in [5.41, 5.74) is 13.9. The molecule has 1 saturated heterocycles. The molecule has 77 heavy (non-hydrogen) atoms. The number of amides is 1. The Morgan fingerprint density at radius 3 is 1.65 bits per heavy atom. The van der Waals surface area contributed by atoms with Gasteiger partial charge in [0.15, 0.2) is 21.9 Å². The van der Waals surface area contributed by atoms with Crippen LogP contribution in [0.5, 0.6) is 0 Å². The van der Waals surface area contributed by atoms with Gasteiger partial charge in [0.1, 0.15) is 22.4 Å². The van der Waals surface area contributed by atoms with Gasteiger partial charge in [-0.05, 0) is 115 Å². The predicted octanol–water partition coefficient (Wildman–Crippen LogP) is 13.7. The van der Waals surface area contributed by atoms with E-state index >= 15 is 0 Å². The van der Waals surface area contributed by atoms with Gasteiger partial charge in [0.05, 0.1) is 46.3 Å². The van der Waals surface area contributed by atoms with Crippen LogP contribution in [0.25, 0.3) is 110 Å². The number of aromatic amines is 4. The number of carbonyl (C=O) groups is 1. The zero-order valence-corrected chi connectivity index (χ0v) is 43.1. The number of anilines is 1. The van der Waals surface area contributed by atoms with Crippen LogP contribution in [-0.4, -0.2) is 84.2 Å². The van der Waals surface area contributed by atoms with Crippen molar-refractivity contribution in [1.82, 2.24) is 65.2 Å². The number of pyridine rings is 4. The van der Waals surface area contributed by atoms with E-state index in [-0.39, 0.29) is 16.2 Å². The van der Waals surface area contributed by atoms with Crippen molar-refractivity contribution in [2.45, 2.75) is 33.2 Å². The van der Waals surface area contributed by atoms with Crippen LogP contribution >= 0.6 is 22.7 Å². The van der Waals surface area contributed by atoms with Gasteiger partial charge >= 0.3 is 0 Å².